The molecule has 0 aliphatic heterocycles. The van der Waals surface area contributed by atoms with E-state index in [2.05, 4.69) is 0 Å². The lowest BCUT2D eigenvalue weighted by Crippen LogP contribution is -2.29. The van der Waals surface area contributed by atoms with Crippen LogP contribution in [0.1, 0.15) is 38.5 Å². The number of unbranched alkanes of at least 4 members (excludes halogenated alkanes) is 2. The number of carboxylic acid groups (broad SMARTS) is 2. The second-order valence-electron chi connectivity index (χ2n) is 4.46. The fourth-order valence-corrected chi connectivity index (χ4v) is 1.26. The van der Waals surface area contributed by atoms with Crippen LogP contribution < -0.4 is 22.9 Å². The molecule has 8 nitrogen and oxygen atoms in total. The first-order valence-electron chi connectivity index (χ1n) is 6.73. The van der Waals surface area contributed by atoms with Gasteiger partial charge in [-0.25, -0.2) is 0 Å². The zero-order valence-electron chi connectivity index (χ0n) is 12.6. The molecule has 10 heteroatoms. The number of carboxylic acids is 2. The molecule has 22 heavy (non-hydrogen) atoms. The maximum Gasteiger partial charge on any atom is 0.320 e. The maximum absolute atomic E-state index is 10.1. The lowest BCUT2D eigenvalue weighted by atomic mass is 10.1. The SMILES string of the molecule is Cl.Cl.NCCCC[C@H](N)C(=O)O.NCCCC[C@H](N)C(=O)O. The van der Waals surface area contributed by atoms with Crippen LogP contribution in [0, 0.1) is 0 Å². The fraction of sp³-hybridized carbons (Fsp3) is 0.833. The minimum absolute atomic E-state index is 0. The van der Waals surface area contributed by atoms with Crippen LogP contribution in [0.25, 0.3) is 0 Å². The Labute approximate surface area is 143 Å². The Morgan fingerprint density at radius 1 is 0.727 bits per heavy atom. The van der Waals surface area contributed by atoms with Crippen LogP contribution in [-0.2, 0) is 9.59 Å². The summed E-state index contributed by atoms with van der Waals surface area (Å²) in [5.74, 6) is -1.87. The molecule has 0 unspecified atom stereocenters. The van der Waals surface area contributed by atoms with Crippen LogP contribution in [0.3, 0.4) is 0 Å². The van der Waals surface area contributed by atoms with Gasteiger partial charge in [0.05, 0.1) is 0 Å². The van der Waals surface area contributed by atoms with E-state index in [4.69, 9.17) is 33.1 Å². The van der Waals surface area contributed by atoms with Crippen LogP contribution in [0.15, 0.2) is 0 Å². The summed E-state index contributed by atoms with van der Waals surface area (Å²) in [5, 5.41) is 16.7. The third kappa shape index (κ3) is 21.7. The second kappa shape index (κ2) is 20.4. The molecular weight excluding hydrogens is 335 g/mol. The van der Waals surface area contributed by atoms with Gasteiger partial charge in [0.1, 0.15) is 12.1 Å². The summed E-state index contributed by atoms with van der Waals surface area (Å²) in [6.07, 6.45) is 4.33. The Kier molecular flexibility index (Phi) is 27.2. The van der Waals surface area contributed by atoms with Gasteiger partial charge in [0.2, 0.25) is 0 Å². The Bertz CT molecular complexity index is 248. The predicted octanol–water partition coefficient (Wildman–Crippen LogP) is -0.102. The average Bonchev–Trinajstić information content (AvgIpc) is 2.39. The second-order valence-corrected chi connectivity index (χ2v) is 4.46. The topological polar surface area (TPSA) is 179 Å². The molecule has 0 aromatic carbocycles. The first kappa shape index (κ1) is 29.4. The maximum atomic E-state index is 10.1. The van der Waals surface area contributed by atoms with Gasteiger partial charge in [0.25, 0.3) is 0 Å². The Morgan fingerprint density at radius 3 is 1.18 bits per heavy atom. The fourth-order valence-electron chi connectivity index (χ4n) is 1.26. The molecule has 136 valence electrons. The standard InChI is InChI=1S/2C6H14N2O2.2ClH/c2*7-4-2-1-3-5(8)6(9)10;;/h2*5H,1-4,7-8H2,(H,9,10);2*1H/t2*5-;;/m00../s1. The summed E-state index contributed by atoms with van der Waals surface area (Å²) < 4.78 is 0. The first-order valence-corrected chi connectivity index (χ1v) is 6.73. The van der Waals surface area contributed by atoms with Gasteiger partial charge in [0.15, 0.2) is 0 Å². The van der Waals surface area contributed by atoms with Gasteiger partial charge in [-0.15, -0.1) is 24.8 Å². The molecule has 0 aromatic rings. The summed E-state index contributed by atoms with van der Waals surface area (Å²) in [4.78, 5) is 20.3. The van der Waals surface area contributed by atoms with E-state index >= 15 is 0 Å². The number of nitrogens with two attached hydrogens (primary N) is 4. The van der Waals surface area contributed by atoms with Gasteiger partial charge in [-0.1, -0.05) is 12.8 Å². The van der Waals surface area contributed by atoms with Crippen molar-refractivity contribution in [2.24, 2.45) is 22.9 Å². The number of aliphatic carboxylic acids is 2. The van der Waals surface area contributed by atoms with E-state index < -0.39 is 24.0 Å². The normalized spacial score (nSPS) is 11.8. The van der Waals surface area contributed by atoms with Crippen LogP contribution >= 0.6 is 24.8 Å². The summed E-state index contributed by atoms with van der Waals surface area (Å²) in [6.45, 7) is 1.21. The predicted molar refractivity (Wildman–Crippen MR) is 91.5 cm³/mol. The number of halogens is 2. The minimum atomic E-state index is -0.933. The molecule has 0 saturated heterocycles. The van der Waals surface area contributed by atoms with E-state index in [9.17, 15) is 9.59 Å². The van der Waals surface area contributed by atoms with E-state index in [-0.39, 0.29) is 24.8 Å². The molecule has 0 heterocycles. The molecule has 0 aliphatic rings. The molecule has 0 bridgehead atoms. The summed E-state index contributed by atoms with van der Waals surface area (Å²) in [7, 11) is 0. The van der Waals surface area contributed by atoms with Crippen LogP contribution in [-0.4, -0.2) is 47.3 Å². The molecule has 0 saturated carbocycles. The number of rotatable bonds is 10. The molecule has 0 aliphatic carbocycles. The lowest BCUT2D eigenvalue weighted by Gasteiger charge is -2.03. The van der Waals surface area contributed by atoms with E-state index in [0.717, 1.165) is 25.7 Å². The van der Waals surface area contributed by atoms with Crippen LogP contribution in [0.4, 0.5) is 0 Å². The minimum Gasteiger partial charge on any atom is -0.480 e. The van der Waals surface area contributed by atoms with Gasteiger partial charge in [-0.2, -0.15) is 0 Å². The Morgan fingerprint density at radius 2 is 1.00 bits per heavy atom. The third-order valence-corrected chi connectivity index (χ3v) is 2.57. The van der Waals surface area contributed by atoms with E-state index in [1.165, 1.54) is 0 Å². The van der Waals surface area contributed by atoms with E-state index in [1.807, 2.05) is 0 Å². The zero-order chi connectivity index (χ0) is 16.0. The molecule has 2 atom stereocenters. The molecule has 0 spiro atoms. The molecule has 0 amide bonds. The highest BCUT2D eigenvalue weighted by atomic mass is 35.5. The number of hydrogen-bond acceptors (Lipinski definition) is 6. The van der Waals surface area contributed by atoms with Crippen molar-refractivity contribution in [1.29, 1.82) is 0 Å². The van der Waals surface area contributed by atoms with Crippen molar-refractivity contribution in [3.05, 3.63) is 0 Å². The highest BCUT2D eigenvalue weighted by Gasteiger charge is 2.09. The van der Waals surface area contributed by atoms with Gasteiger partial charge < -0.3 is 33.1 Å². The highest BCUT2D eigenvalue weighted by molar-refractivity contribution is 5.85. The van der Waals surface area contributed by atoms with Crippen molar-refractivity contribution in [1.82, 2.24) is 0 Å². The average molecular weight is 365 g/mol. The lowest BCUT2D eigenvalue weighted by molar-refractivity contribution is -0.139. The molecular formula is C12H30Cl2N4O4. The van der Waals surface area contributed by atoms with Crippen LogP contribution in [0.2, 0.25) is 0 Å². The van der Waals surface area contributed by atoms with E-state index in [0.29, 0.717) is 25.9 Å². The molecule has 10 N–H and O–H groups in total. The summed E-state index contributed by atoms with van der Waals surface area (Å²) in [6, 6.07) is -1.43. The molecule has 0 radical (unpaired) electrons. The van der Waals surface area contributed by atoms with Crippen molar-refractivity contribution < 1.29 is 19.8 Å². The van der Waals surface area contributed by atoms with Gasteiger partial charge in [0, 0.05) is 0 Å². The largest absolute Gasteiger partial charge is 0.480 e. The van der Waals surface area contributed by atoms with E-state index in [1.54, 1.807) is 0 Å². The number of carbonyl (C=O) groups is 2. The van der Waals surface area contributed by atoms with Crippen molar-refractivity contribution in [3.63, 3.8) is 0 Å². The van der Waals surface area contributed by atoms with Crippen LogP contribution in [0.5, 0.6) is 0 Å². The monoisotopic (exact) mass is 364 g/mol. The Hall–Kier alpha value is -0.640. The van der Waals surface area contributed by atoms with Crippen molar-refractivity contribution in [2.75, 3.05) is 13.1 Å². The van der Waals surface area contributed by atoms with Gasteiger partial charge in [-0.3, -0.25) is 9.59 Å². The molecule has 0 aromatic heterocycles. The molecule has 0 fully saturated rings. The molecule has 0 rings (SSSR count). The zero-order valence-corrected chi connectivity index (χ0v) is 14.3. The van der Waals surface area contributed by atoms with Crippen molar-refractivity contribution in [3.8, 4) is 0 Å². The van der Waals surface area contributed by atoms with Crippen molar-refractivity contribution in [2.45, 2.75) is 50.6 Å². The highest BCUT2D eigenvalue weighted by Crippen LogP contribution is 1.97. The smallest absolute Gasteiger partial charge is 0.320 e. The van der Waals surface area contributed by atoms with Gasteiger partial charge >= 0.3 is 11.9 Å². The number of hydrogen-bond donors (Lipinski definition) is 6. The van der Waals surface area contributed by atoms with Crippen molar-refractivity contribution >= 4 is 36.8 Å². The Balaban J connectivity index is -0.000000135. The van der Waals surface area contributed by atoms with Gasteiger partial charge in [-0.05, 0) is 38.8 Å². The summed E-state index contributed by atoms with van der Waals surface area (Å²) in [5.41, 5.74) is 20.8. The summed E-state index contributed by atoms with van der Waals surface area (Å²) >= 11 is 0. The first-order chi connectivity index (χ1) is 9.36. The third-order valence-electron chi connectivity index (χ3n) is 2.57. The quantitative estimate of drug-likeness (QED) is 0.290.